The van der Waals surface area contributed by atoms with E-state index in [1.165, 1.54) is 6.07 Å². The average Bonchev–Trinajstić information content (AvgIpc) is 3.06. The summed E-state index contributed by atoms with van der Waals surface area (Å²) in [5, 5.41) is 9.72. The van der Waals surface area contributed by atoms with Gasteiger partial charge >= 0.3 is 5.97 Å². The van der Waals surface area contributed by atoms with Gasteiger partial charge in [0.1, 0.15) is 11.5 Å². The summed E-state index contributed by atoms with van der Waals surface area (Å²) in [6.07, 6.45) is 0.00870. The molecule has 172 valence electrons. The molecule has 0 aliphatic carbocycles. The second-order valence-corrected chi connectivity index (χ2v) is 9.34. The molecule has 0 radical (unpaired) electrons. The molecule has 33 heavy (non-hydrogen) atoms. The van der Waals surface area contributed by atoms with Crippen molar-refractivity contribution in [3.8, 4) is 11.4 Å². The Morgan fingerprint density at radius 3 is 2.67 bits per heavy atom. The molecule has 1 aromatic carbocycles. The number of likely N-dealkylation sites (tertiary alicyclic amines) is 1. The molecule has 2 aliphatic heterocycles. The second kappa shape index (κ2) is 7.34. The first-order valence-corrected chi connectivity index (χ1v) is 10.8. The van der Waals surface area contributed by atoms with Gasteiger partial charge in [-0.3, -0.25) is 14.5 Å². The third kappa shape index (κ3) is 3.56. The van der Waals surface area contributed by atoms with E-state index in [1.807, 2.05) is 11.0 Å². The van der Waals surface area contributed by atoms with Gasteiger partial charge in [0.25, 0.3) is 5.56 Å². The zero-order valence-electron chi connectivity index (χ0n) is 18.4. The number of rotatable bonds is 5. The highest BCUT2D eigenvalue weighted by atomic mass is 19.1. The van der Waals surface area contributed by atoms with Crippen LogP contribution in [0.15, 0.2) is 23.0 Å². The minimum absolute atomic E-state index is 0.00363. The lowest BCUT2D eigenvalue weighted by Gasteiger charge is -2.42. The van der Waals surface area contributed by atoms with Gasteiger partial charge < -0.3 is 15.4 Å². The molecule has 3 aromatic rings. The molecule has 4 heterocycles. The molecule has 0 saturated carbocycles. The average molecular weight is 454 g/mol. The number of nitrogens with zero attached hydrogens (tertiary/aromatic N) is 3. The van der Waals surface area contributed by atoms with Crippen LogP contribution in [0.5, 0.6) is 0 Å². The number of hydrogen-bond acceptors (Lipinski definition) is 5. The molecule has 0 bridgehead atoms. The number of halogens is 2. The van der Waals surface area contributed by atoms with Gasteiger partial charge in [0, 0.05) is 48.6 Å². The highest BCUT2D eigenvalue weighted by Crippen LogP contribution is 2.39. The van der Waals surface area contributed by atoms with Crippen molar-refractivity contribution in [2.75, 3.05) is 18.8 Å². The van der Waals surface area contributed by atoms with E-state index in [0.29, 0.717) is 40.0 Å². The van der Waals surface area contributed by atoms with Crippen LogP contribution in [-0.2, 0) is 24.3 Å². The number of aromatic nitrogens is 2. The zero-order valence-corrected chi connectivity index (χ0v) is 18.4. The van der Waals surface area contributed by atoms with Crippen molar-refractivity contribution in [2.45, 2.75) is 45.4 Å². The molecule has 0 amide bonds. The number of nitrogens with two attached hydrogens (primary N) is 1. The minimum Gasteiger partial charge on any atom is -0.481 e. The molecule has 0 spiro atoms. The van der Waals surface area contributed by atoms with Crippen molar-refractivity contribution >= 4 is 22.6 Å². The molecule has 1 fully saturated rings. The predicted molar refractivity (Wildman–Crippen MR) is 120 cm³/mol. The minimum atomic E-state index is -1.24. The van der Waals surface area contributed by atoms with Gasteiger partial charge in [-0.1, -0.05) is 0 Å². The number of alkyl halides is 1. The lowest BCUT2D eigenvalue weighted by Crippen LogP contribution is -2.56. The fourth-order valence-electron chi connectivity index (χ4n) is 5.05. The first kappa shape index (κ1) is 21.5. The Balaban J connectivity index is 1.67. The van der Waals surface area contributed by atoms with E-state index in [2.05, 4.69) is 4.98 Å². The number of carboxylic acid groups (broad SMARTS) is 1. The van der Waals surface area contributed by atoms with Crippen LogP contribution < -0.4 is 11.3 Å². The molecule has 2 aromatic heterocycles. The topological polar surface area (TPSA) is 101 Å². The molecule has 0 atom stereocenters. The second-order valence-electron chi connectivity index (χ2n) is 9.34. The third-order valence-corrected chi connectivity index (χ3v) is 6.58. The van der Waals surface area contributed by atoms with E-state index >= 15 is 0 Å². The molecule has 5 rings (SSSR count). The Kier molecular flexibility index (Phi) is 4.79. The number of anilines is 1. The van der Waals surface area contributed by atoms with E-state index in [9.17, 15) is 18.4 Å². The summed E-state index contributed by atoms with van der Waals surface area (Å²) in [6.45, 7) is 4.60. The van der Waals surface area contributed by atoms with Gasteiger partial charge in [0.05, 0.1) is 29.1 Å². The summed E-state index contributed by atoms with van der Waals surface area (Å²) in [4.78, 5) is 30.9. The number of carboxylic acids is 1. The van der Waals surface area contributed by atoms with Gasteiger partial charge in [-0.15, -0.1) is 0 Å². The number of aliphatic carboxylic acids is 1. The maximum absolute atomic E-state index is 14.3. The summed E-state index contributed by atoms with van der Waals surface area (Å²) in [6, 6.07) is 4.68. The third-order valence-electron chi connectivity index (χ3n) is 6.58. The highest BCUT2D eigenvalue weighted by molar-refractivity contribution is 5.90. The van der Waals surface area contributed by atoms with E-state index < -0.39 is 17.5 Å². The Morgan fingerprint density at radius 2 is 2.00 bits per heavy atom. The number of aryl methyl sites for hydroxylation is 1. The Hall–Kier alpha value is -3.33. The number of fused-ring (bicyclic) bond motifs is 4. The van der Waals surface area contributed by atoms with Crippen LogP contribution in [0, 0.1) is 12.7 Å². The first-order valence-electron chi connectivity index (χ1n) is 10.8. The number of nitrogen functional groups attached to an aromatic ring is 1. The lowest BCUT2D eigenvalue weighted by atomic mass is 9.94. The molecule has 2 aliphatic rings. The monoisotopic (exact) mass is 454 g/mol. The first-order chi connectivity index (χ1) is 15.5. The van der Waals surface area contributed by atoms with Crippen LogP contribution in [-0.4, -0.2) is 44.3 Å². The van der Waals surface area contributed by atoms with Gasteiger partial charge in [-0.05, 0) is 43.5 Å². The van der Waals surface area contributed by atoms with Crippen LogP contribution in [0.2, 0.25) is 0 Å². The summed E-state index contributed by atoms with van der Waals surface area (Å²) >= 11 is 0. The normalized spacial score (nSPS) is 16.5. The molecule has 1 saturated heterocycles. The smallest absolute Gasteiger partial charge is 0.303 e. The van der Waals surface area contributed by atoms with Crippen LogP contribution in [0.1, 0.15) is 35.6 Å². The van der Waals surface area contributed by atoms with Crippen LogP contribution in [0.25, 0.3) is 22.3 Å². The van der Waals surface area contributed by atoms with Gasteiger partial charge in [-0.25, -0.2) is 13.8 Å². The van der Waals surface area contributed by atoms with Crippen LogP contribution in [0.4, 0.5) is 14.5 Å². The Morgan fingerprint density at radius 1 is 1.27 bits per heavy atom. The van der Waals surface area contributed by atoms with Crippen molar-refractivity contribution in [2.24, 2.45) is 0 Å². The molecule has 0 unspecified atom stereocenters. The number of benzene rings is 1. The van der Waals surface area contributed by atoms with Crippen molar-refractivity contribution in [3.63, 3.8) is 0 Å². The van der Waals surface area contributed by atoms with Crippen LogP contribution >= 0.6 is 0 Å². The zero-order chi connectivity index (χ0) is 23.7. The summed E-state index contributed by atoms with van der Waals surface area (Å²) < 4.78 is 30.0. The number of carbonyl (C=O) groups is 1. The quantitative estimate of drug-likeness (QED) is 0.450. The maximum atomic E-state index is 14.3. The lowest BCUT2D eigenvalue weighted by molar-refractivity contribution is -0.136. The maximum Gasteiger partial charge on any atom is 0.303 e. The predicted octanol–water partition coefficient (Wildman–Crippen LogP) is 3.02. The molecular weight excluding hydrogens is 430 g/mol. The Labute approximate surface area is 188 Å². The van der Waals surface area contributed by atoms with Crippen molar-refractivity contribution in [1.29, 1.82) is 0 Å². The van der Waals surface area contributed by atoms with Crippen LogP contribution in [0.3, 0.4) is 0 Å². The summed E-state index contributed by atoms with van der Waals surface area (Å²) in [5.74, 6) is -1.54. The van der Waals surface area contributed by atoms with E-state index in [1.54, 1.807) is 24.5 Å². The molecule has 7 nitrogen and oxygen atoms in total. The van der Waals surface area contributed by atoms with Gasteiger partial charge in [0.2, 0.25) is 0 Å². The van der Waals surface area contributed by atoms with Gasteiger partial charge in [0.15, 0.2) is 0 Å². The molecular formula is C24H24F2N4O3. The van der Waals surface area contributed by atoms with Crippen molar-refractivity contribution < 1.29 is 18.7 Å². The largest absolute Gasteiger partial charge is 0.481 e. The SMILES string of the molecule is Cc1cc2n(c(=O)c1CCC(=O)O)Cc1c-2nc2cc(F)c(N)cc2c1CN1CC(C)(F)C1. The summed E-state index contributed by atoms with van der Waals surface area (Å²) in [7, 11) is 0. The van der Waals surface area contributed by atoms with E-state index in [0.717, 1.165) is 11.1 Å². The highest BCUT2D eigenvalue weighted by Gasteiger charge is 2.39. The van der Waals surface area contributed by atoms with E-state index in [-0.39, 0.29) is 43.7 Å². The fraction of sp³-hybridized carbons (Fsp3) is 0.375. The number of pyridine rings is 2. The standard InChI is InChI=1S/C24H24F2N4O3/c1-12-5-20-22-16(9-30(20)23(33)13(12)3-4-21(31)32)15(8-29-10-24(2,26)11-29)14-6-18(27)17(25)7-19(14)28-22/h5-7H,3-4,8-11,27H2,1-2H3,(H,31,32). The summed E-state index contributed by atoms with van der Waals surface area (Å²) in [5.41, 5.74) is 8.84. The van der Waals surface area contributed by atoms with E-state index in [4.69, 9.17) is 10.8 Å². The van der Waals surface area contributed by atoms with Crippen molar-refractivity contribution in [3.05, 3.63) is 56.6 Å². The molecule has 3 N–H and O–H groups in total. The Bertz CT molecular complexity index is 1390. The van der Waals surface area contributed by atoms with Gasteiger partial charge in [-0.2, -0.15) is 0 Å². The fourth-order valence-corrected chi connectivity index (χ4v) is 5.05. The molecule has 9 heteroatoms. The van der Waals surface area contributed by atoms with Crippen molar-refractivity contribution in [1.82, 2.24) is 14.5 Å². The number of hydrogen-bond donors (Lipinski definition) is 2.